The summed E-state index contributed by atoms with van der Waals surface area (Å²) in [7, 11) is 1.82. The van der Waals surface area contributed by atoms with Crippen molar-refractivity contribution in [1.82, 2.24) is 4.90 Å². The van der Waals surface area contributed by atoms with Gasteiger partial charge in [0, 0.05) is 31.7 Å². The third-order valence-corrected chi connectivity index (χ3v) is 4.25. The molecule has 4 fully saturated rings. The van der Waals surface area contributed by atoms with Crippen molar-refractivity contribution in [2.75, 3.05) is 33.4 Å². The fourth-order valence-corrected chi connectivity index (χ4v) is 3.09. The van der Waals surface area contributed by atoms with Crippen LogP contribution in [-0.2, 0) is 9.47 Å². The SMILES string of the molecule is COCC1(CN2CC3CCC2CO3)CC1. The van der Waals surface area contributed by atoms with Gasteiger partial charge in [0.05, 0.1) is 19.3 Å². The summed E-state index contributed by atoms with van der Waals surface area (Å²) in [6.45, 7) is 4.32. The number of hydrogen-bond donors (Lipinski definition) is 0. The van der Waals surface area contributed by atoms with Crippen molar-refractivity contribution >= 4 is 0 Å². The van der Waals surface area contributed by atoms with Crippen molar-refractivity contribution in [3.63, 3.8) is 0 Å². The maximum Gasteiger partial charge on any atom is 0.0703 e. The Kier molecular flexibility index (Phi) is 2.49. The molecule has 4 rings (SSSR count). The number of rotatable bonds is 4. The first-order valence-electron chi connectivity index (χ1n) is 6.16. The molecule has 1 saturated carbocycles. The van der Waals surface area contributed by atoms with Gasteiger partial charge in [0.1, 0.15) is 0 Å². The number of ether oxygens (including phenoxy) is 2. The highest BCUT2D eigenvalue weighted by Crippen LogP contribution is 2.47. The van der Waals surface area contributed by atoms with Crippen molar-refractivity contribution in [2.45, 2.75) is 37.8 Å². The zero-order valence-electron chi connectivity index (χ0n) is 9.58. The average molecular weight is 211 g/mol. The predicted octanol–water partition coefficient (Wildman–Crippen LogP) is 1.28. The standard InChI is InChI=1S/C12H21NO2/c1-14-9-12(4-5-12)8-13-6-11-3-2-10(13)7-15-11/h10-11H,2-9H2,1H3. The van der Waals surface area contributed by atoms with Crippen LogP contribution >= 0.6 is 0 Å². The van der Waals surface area contributed by atoms with E-state index >= 15 is 0 Å². The molecule has 2 unspecified atom stereocenters. The van der Waals surface area contributed by atoms with Crippen LogP contribution in [0.15, 0.2) is 0 Å². The molecule has 2 atom stereocenters. The minimum atomic E-state index is 0.506. The van der Waals surface area contributed by atoms with E-state index in [9.17, 15) is 0 Å². The van der Waals surface area contributed by atoms with E-state index in [2.05, 4.69) is 4.90 Å². The highest BCUT2D eigenvalue weighted by Gasteiger charge is 2.47. The van der Waals surface area contributed by atoms with E-state index < -0.39 is 0 Å². The molecule has 15 heavy (non-hydrogen) atoms. The lowest BCUT2D eigenvalue weighted by Gasteiger charge is -2.46. The fraction of sp³-hybridized carbons (Fsp3) is 1.00. The molecule has 3 heterocycles. The third-order valence-electron chi connectivity index (χ3n) is 4.25. The molecule has 4 aliphatic rings. The van der Waals surface area contributed by atoms with Crippen molar-refractivity contribution in [2.24, 2.45) is 5.41 Å². The fourth-order valence-electron chi connectivity index (χ4n) is 3.09. The molecular formula is C12H21NO2. The van der Waals surface area contributed by atoms with Crippen molar-refractivity contribution in [3.05, 3.63) is 0 Å². The van der Waals surface area contributed by atoms with Crippen LogP contribution in [0.25, 0.3) is 0 Å². The summed E-state index contributed by atoms with van der Waals surface area (Å²) in [5.41, 5.74) is 0.506. The predicted molar refractivity (Wildman–Crippen MR) is 57.9 cm³/mol. The molecule has 86 valence electrons. The van der Waals surface area contributed by atoms with Gasteiger partial charge in [-0.25, -0.2) is 0 Å². The van der Waals surface area contributed by atoms with Crippen molar-refractivity contribution in [1.29, 1.82) is 0 Å². The molecular weight excluding hydrogens is 190 g/mol. The summed E-state index contributed by atoms with van der Waals surface area (Å²) >= 11 is 0. The van der Waals surface area contributed by atoms with Crippen LogP contribution in [0.2, 0.25) is 0 Å². The minimum absolute atomic E-state index is 0.506. The number of morpholine rings is 1. The van der Waals surface area contributed by atoms with Gasteiger partial charge < -0.3 is 9.47 Å². The summed E-state index contributed by atoms with van der Waals surface area (Å²) in [4.78, 5) is 2.66. The van der Waals surface area contributed by atoms with Gasteiger partial charge in [0.15, 0.2) is 0 Å². The Morgan fingerprint density at radius 2 is 2.27 bits per heavy atom. The second kappa shape index (κ2) is 3.72. The molecule has 1 aliphatic carbocycles. The molecule has 3 saturated heterocycles. The lowest BCUT2D eigenvalue weighted by Crippen LogP contribution is -2.56. The van der Waals surface area contributed by atoms with E-state index in [4.69, 9.17) is 9.47 Å². The third kappa shape index (κ3) is 1.93. The molecule has 3 aliphatic heterocycles. The largest absolute Gasteiger partial charge is 0.384 e. The molecule has 0 aromatic heterocycles. The molecule has 0 aromatic rings. The highest BCUT2D eigenvalue weighted by atomic mass is 16.5. The van der Waals surface area contributed by atoms with Crippen molar-refractivity contribution in [3.8, 4) is 0 Å². The molecule has 3 heteroatoms. The zero-order valence-corrected chi connectivity index (χ0v) is 9.58. The first-order chi connectivity index (χ1) is 7.31. The summed E-state index contributed by atoms with van der Waals surface area (Å²) in [6.07, 6.45) is 5.85. The molecule has 0 amide bonds. The molecule has 0 N–H and O–H groups in total. The van der Waals surface area contributed by atoms with Gasteiger partial charge in [-0.05, 0) is 25.7 Å². The van der Waals surface area contributed by atoms with Crippen LogP contribution in [0, 0.1) is 5.41 Å². The van der Waals surface area contributed by atoms with Crippen LogP contribution in [-0.4, -0.2) is 50.5 Å². The van der Waals surface area contributed by atoms with Crippen LogP contribution in [0.1, 0.15) is 25.7 Å². The average Bonchev–Trinajstić information content (AvgIpc) is 3.00. The monoisotopic (exact) mass is 211 g/mol. The number of hydrogen-bond acceptors (Lipinski definition) is 3. The summed E-state index contributed by atoms with van der Waals surface area (Å²) < 4.78 is 11.1. The number of piperidine rings is 1. The van der Waals surface area contributed by atoms with E-state index in [0.29, 0.717) is 17.6 Å². The lowest BCUT2D eigenvalue weighted by atomic mass is 9.95. The molecule has 3 nitrogen and oxygen atoms in total. The van der Waals surface area contributed by atoms with Gasteiger partial charge in [-0.1, -0.05) is 0 Å². The second-order valence-electron chi connectivity index (χ2n) is 5.55. The Labute approximate surface area is 91.7 Å². The van der Waals surface area contributed by atoms with Gasteiger partial charge in [0.25, 0.3) is 0 Å². The van der Waals surface area contributed by atoms with Gasteiger partial charge in [-0.15, -0.1) is 0 Å². The minimum Gasteiger partial charge on any atom is -0.384 e. The Bertz CT molecular complexity index is 232. The normalized spacial score (nSPS) is 38.2. The van der Waals surface area contributed by atoms with Gasteiger partial charge in [-0.2, -0.15) is 0 Å². The van der Waals surface area contributed by atoms with E-state index in [1.165, 1.54) is 32.2 Å². The quantitative estimate of drug-likeness (QED) is 0.699. The van der Waals surface area contributed by atoms with E-state index in [0.717, 1.165) is 19.8 Å². The van der Waals surface area contributed by atoms with E-state index in [-0.39, 0.29) is 0 Å². The first-order valence-corrected chi connectivity index (χ1v) is 6.16. The molecule has 2 bridgehead atoms. The molecule has 0 spiro atoms. The highest BCUT2D eigenvalue weighted by molar-refractivity contribution is 4.99. The second-order valence-corrected chi connectivity index (χ2v) is 5.55. The topological polar surface area (TPSA) is 21.7 Å². The summed E-state index contributed by atoms with van der Waals surface area (Å²) in [6, 6.07) is 0.698. The number of fused-ring (bicyclic) bond motifs is 3. The number of methoxy groups -OCH3 is 1. The molecule has 0 radical (unpaired) electrons. The maximum absolute atomic E-state index is 5.73. The van der Waals surface area contributed by atoms with Crippen LogP contribution < -0.4 is 0 Å². The van der Waals surface area contributed by atoms with Crippen molar-refractivity contribution < 1.29 is 9.47 Å². The smallest absolute Gasteiger partial charge is 0.0703 e. The number of nitrogens with zero attached hydrogens (tertiary/aromatic N) is 1. The Hall–Kier alpha value is -0.120. The Morgan fingerprint density at radius 3 is 2.73 bits per heavy atom. The van der Waals surface area contributed by atoms with E-state index in [1.54, 1.807) is 0 Å². The zero-order chi connectivity index (χ0) is 10.3. The Morgan fingerprint density at radius 1 is 1.40 bits per heavy atom. The Balaban J connectivity index is 1.59. The molecule has 0 aromatic carbocycles. The summed E-state index contributed by atoms with van der Waals surface area (Å²) in [5, 5.41) is 0. The van der Waals surface area contributed by atoms with Crippen LogP contribution in [0.5, 0.6) is 0 Å². The lowest BCUT2D eigenvalue weighted by molar-refractivity contribution is -0.113. The maximum atomic E-state index is 5.73. The van der Waals surface area contributed by atoms with Crippen LogP contribution in [0.4, 0.5) is 0 Å². The van der Waals surface area contributed by atoms with Gasteiger partial charge >= 0.3 is 0 Å². The summed E-state index contributed by atoms with van der Waals surface area (Å²) in [5.74, 6) is 0. The van der Waals surface area contributed by atoms with Crippen LogP contribution in [0.3, 0.4) is 0 Å². The first kappa shape index (κ1) is 10.1. The van der Waals surface area contributed by atoms with E-state index in [1.807, 2.05) is 7.11 Å². The van der Waals surface area contributed by atoms with Gasteiger partial charge in [-0.3, -0.25) is 4.90 Å². The van der Waals surface area contributed by atoms with Gasteiger partial charge in [0.2, 0.25) is 0 Å².